The number of hydrogen-bond acceptors (Lipinski definition) is 7. The van der Waals surface area contributed by atoms with Gasteiger partial charge in [0.1, 0.15) is 10.6 Å². The summed E-state index contributed by atoms with van der Waals surface area (Å²) in [5.41, 5.74) is 2.57. The number of nitrogens with zero attached hydrogens (tertiary/aromatic N) is 3. The summed E-state index contributed by atoms with van der Waals surface area (Å²) in [4.78, 5) is 13.5. The molecule has 0 radical (unpaired) electrons. The molecule has 0 aliphatic rings. The quantitative estimate of drug-likeness (QED) is 0.631. The summed E-state index contributed by atoms with van der Waals surface area (Å²) < 4.78 is 0. The first-order valence-electron chi connectivity index (χ1n) is 6.59. The minimum atomic E-state index is 0.402. The van der Waals surface area contributed by atoms with Gasteiger partial charge in [-0.2, -0.15) is 16.7 Å². The maximum absolute atomic E-state index is 5.49. The zero-order valence-electron chi connectivity index (χ0n) is 12.3. The van der Waals surface area contributed by atoms with Crippen molar-refractivity contribution in [2.45, 2.75) is 26.3 Å². The van der Waals surface area contributed by atoms with Crippen LogP contribution < -0.4 is 16.2 Å². The van der Waals surface area contributed by atoms with Crippen LogP contribution >= 0.6 is 23.1 Å². The van der Waals surface area contributed by atoms with Crippen molar-refractivity contribution >= 4 is 45.1 Å². The third kappa shape index (κ3) is 2.99. The highest BCUT2D eigenvalue weighted by atomic mass is 32.2. The van der Waals surface area contributed by atoms with E-state index < -0.39 is 0 Å². The Kier molecular flexibility index (Phi) is 5.06. The highest BCUT2D eigenvalue weighted by Crippen LogP contribution is 2.32. The van der Waals surface area contributed by atoms with Crippen LogP contribution in [0.15, 0.2) is 6.07 Å². The minimum Gasteiger partial charge on any atom is -0.355 e. The summed E-state index contributed by atoms with van der Waals surface area (Å²) in [6.45, 7) is 4.35. The Labute approximate surface area is 127 Å². The molecule has 0 saturated carbocycles. The van der Waals surface area contributed by atoms with Gasteiger partial charge in [-0.05, 0) is 25.7 Å². The minimum absolute atomic E-state index is 0.402. The summed E-state index contributed by atoms with van der Waals surface area (Å²) in [6.07, 6.45) is 3.13. The molecule has 0 aliphatic heterocycles. The van der Waals surface area contributed by atoms with Crippen LogP contribution in [0.4, 0.5) is 11.8 Å². The van der Waals surface area contributed by atoms with Crippen LogP contribution in [0.3, 0.4) is 0 Å². The number of nitrogens with one attached hydrogen (secondary N) is 1. The molecule has 0 aliphatic carbocycles. The van der Waals surface area contributed by atoms with Crippen LogP contribution in [0, 0.1) is 0 Å². The van der Waals surface area contributed by atoms with E-state index in [-0.39, 0.29) is 0 Å². The molecule has 110 valence electrons. The Morgan fingerprint density at radius 2 is 2.25 bits per heavy atom. The van der Waals surface area contributed by atoms with Crippen LogP contribution in [0.25, 0.3) is 10.2 Å². The highest BCUT2D eigenvalue weighted by Gasteiger charge is 2.17. The van der Waals surface area contributed by atoms with Crippen molar-refractivity contribution in [3.05, 3.63) is 10.9 Å². The van der Waals surface area contributed by atoms with E-state index in [1.807, 2.05) is 11.8 Å². The van der Waals surface area contributed by atoms with Crippen molar-refractivity contribution in [2.75, 3.05) is 29.4 Å². The Bertz CT molecular complexity index is 583. The number of aryl methyl sites for hydroxylation is 1. The molecular weight excluding hydrogens is 290 g/mol. The number of aromatic nitrogens is 2. The standard InChI is InChI=1S/C13H21N5S2/c1-5-9-6-10-11(18(3)8(2)7-19-4)15-13(17-14)16-12(10)20-9/h6,8H,5,7,14H2,1-4H3,(H,15,16,17). The number of thioether (sulfide) groups is 1. The Morgan fingerprint density at radius 1 is 1.50 bits per heavy atom. The van der Waals surface area contributed by atoms with Gasteiger partial charge in [0.25, 0.3) is 0 Å². The normalized spacial score (nSPS) is 12.7. The van der Waals surface area contributed by atoms with Gasteiger partial charge in [-0.25, -0.2) is 10.8 Å². The lowest BCUT2D eigenvalue weighted by Gasteiger charge is -2.26. The summed E-state index contributed by atoms with van der Waals surface area (Å²) in [7, 11) is 2.08. The zero-order chi connectivity index (χ0) is 14.7. The van der Waals surface area contributed by atoms with Crippen LogP contribution in [-0.2, 0) is 6.42 Å². The van der Waals surface area contributed by atoms with Gasteiger partial charge in [0, 0.05) is 23.7 Å². The van der Waals surface area contributed by atoms with E-state index in [1.54, 1.807) is 11.3 Å². The number of thiophene rings is 1. The molecule has 7 heteroatoms. The maximum atomic E-state index is 5.49. The largest absolute Gasteiger partial charge is 0.355 e. The lowest BCUT2D eigenvalue weighted by atomic mass is 10.2. The monoisotopic (exact) mass is 311 g/mol. The molecule has 3 N–H and O–H groups in total. The third-order valence-corrected chi connectivity index (χ3v) is 5.29. The van der Waals surface area contributed by atoms with E-state index in [0.29, 0.717) is 12.0 Å². The molecule has 0 spiro atoms. The van der Waals surface area contributed by atoms with Crippen molar-refractivity contribution in [1.29, 1.82) is 0 Å². The molecule has 0 fully saturated rings. The predicted molar refractivity (Wildman–Crippen MR) is 90.9 cm³/mol. The fourth-order valence-corrected chi connectivity index (χ4v) is 3.69. The van der Waals surface area contributed by atoms with Gasteiger partial charge in [-0.15, -0.1) is 11.3 Å². The molecule has 2 heterocycles. The first-order valence-corrected chi connectivity index (χ1v) is 8.80. The van der Waals surface area contributed by atoms with Gasteiger partial charge in [0.15, 0.2) is 0 Å². The number of rotatable bonds is 6. The third-order valence-electron chi connectivity index (χ3n) is 3.30. The van der Waals surface area contributed by atoms with Crippen molar-refractivity contribution in [3.63, 3.8) is 0 Å². The number of hydrazine groups is 1. The molecule has 2 aromatic rings. The molecule has 5 nitrogen and oxygen atoms in total. The number of nitrogens with two attached hydrogens (primary N) is 1. The second kappa shape index (κ2) is 6.60. The van der Waals surface area contributed by atoms with E-state index in [2.05, 4.69) is 53.5 Å². The molecule has 1 unspecified atom stereocenters. The second-order valence-electron chi connectivity index (χ2n) is 4.72. The number of hydrogen-bond donors (Lipinski definition) is 2. The molecular formula is C13H21N5S2. The smallest absolute Gasteiger partial charge is 0.240 e. The molecule has 1 atom stereocenters. The van der Waals surface area contributed by atoms with Crippen LogP contribution in [0.2, 0.25) is 0 Å². The van der Waals surface area contributed by atoms with Crippen molar-refractivity contribution < 1.29 is 0 Å². The van der Waals surface area contributed by atoms with E-state index >= 15 is 0 Å². The van der Waals surface area contributed by atoms with Crippen LogP contribution in [0.1, 0.15) is 18.7 Å². The molecule has 0 aromatic carbocycles. The molecule has 0 bridgehead atoms. The van der Waals surface area contributed by atoms with Gasteiger partial charge in [-0.3, -0.25) is 5.43 Å². The Hall–Kier alpha value is -1.05. The van der Waals surface area contributed by atoms with Gasteiger partial charge >= 0.3 is 0 Å². The molecule has 2 rings (SSSR count). The average Bonchev–Trinajstić information content (AvgIpc) is 2.88. The average molecular weight is 311 g/mol. The first kappa shape index (κ1) is 15.3. The molecule has 0 saturated heterocycles. The second-order valence-corrected chi connectivity index (χ2v) is 6.74. The zero-order valence-corrected chi connectivity index (χ0v) is 13.9. The predicted octanol–water partition coefficient (Wildman–Crippen LogP) is 2.73. The summed E-state index contributed by atoms with van der Waals surface area (Å²) in [5.74, 6) is 7.96. The number of nitrogen functional groups attached to an aromatic ring is 1. The van der Waals surface area contributed by atoms with Gasteiger partial charge < -0.3 is 4.90 Å². The van der Waals surface area contributed by atoms with Gasteiger partial charge in [-0.1, -0.05) is 6.92 Å². The van der Waals surface area contributed by atoms with Gasteiger partial charge in [0.05, 0.1) is 5.39 Å². The number of anilines is 2. The lowest BCUT2D eigenvalue weighted by molar-refractivity contribution is 0.756. The maximum Gasteiger partial charge on any atom is 0.240 e. The topological polar surface area (TPSA) is 67.1 Å². The van der Waals surface area contributed by atoms with E-state index in [4.69, 9.17) is 5.84 Å². The van der Waals surface area contributed by atoms with Gasteiger partial charge in [0.2, 0.25) is 5.95 Å². The van der Waals surface area contributed by atoms with Crippen LogP contribution in [0.5, 0.6) is 0 Å². The van der Waals surface area contributed by atoms with E-state index in [0.717, 1.165) is 28.2 Å². The lowest BCUT2D eigenvalue weighted by Crippen LogP contribution is -2.32. The highest BCUT2D eigenvalue weighted by molar-refractivity contribution is 7.98. The molecule has 2 aromatic heterocycles. The van der Waals surface area contributed by atoms with Crippen LogP contribution in [-0.4, -0.2) is 35.1 Å². The number of fused-ring (bicyclic) bond motifs is 1. The fraction of sp³-hybridized carbons (Fsp3) is 0.538. The van der Waals surface area contributed by atoms with Crippen molar-refractivity contribution in [3.8, 4) is 0 Å². The fourth-order valence-electron chi connectivity index (χ4n) is 2.03. The summed E-state index contributed by atoms with van der Waals surface area (Å²) >= 11 is 3.54. The van der Waals surface area contributed by atoms with Crippen molar-refractivity contribution in [2.24, 2.45) is 5.84 Å². The SMILES string of the molecule is CCc1cc2c(N(C)C(C)CSC)nc(NN)nc2s1. The van der Waals surface area contributed by atoms with E-state index in [1.165, 1.54) is 4.88 Å². The first-order chi connectivity index (χ1) is 9.60. The molecule has 0 amide bonds. The summed E-state index contributed by atoms with van der Waals surface area (Å²) in [5, 5.41) is 1.11. The Balaban J connectivity index is 2.51. The van der Waals surface area contributed by atoms with E-state index in [9.17, 15) is 0 Å². The Morgan fingerprint density at radius 3 is 2.85 bits per heavy atom. The molecule has 20 heavy (non-hydrogen) atoms. The summed E-state index contributed by atoms with van der Waals surface area (Å²) in [6, 6.07) is 2.59. The van der Waals surface area contributed by atoms with Crippen molar-refractivity contribution in [1.82, 2.24) is 9.97 Å².